The quantitative estimate of drug-likeness (QED) is 0.752. The number of rotatable bonds is 3. The summed E-state index contributed by atoms with van der Waals surface area (Å²) in [5.74, 6) is 0. The van der Waals surface area contributed by atoms with E-state index in [4.69, 9.17) is 35.4 Å². The van der Waals surface area contributed by atoms with E-state index in [9.17, 15) is 0 Å². The fraction of sp³-hybridized carbons (Fsp3) is 0.533. The molecule has 20 heavy (non-hydrogen) atoms. The highest BCUT2D eigenvalue weighted by Crippen LogP contribution is 2.26. The first-order chi connectivity index (χ1) is 9.61. The van der Waals surface area contributed by atoms with E-state index in [0.717, 1.165) is 17.3 Å². The maximum Gasteiger partial charge on any atom is 0.173 e. The molecular weight excluding hydrogens is 311 g/mol. The number of hydrogen-bond acceptors (Lipinski definition) is 1. The summed E-state index contributed by atoms with van der Waals surface area (Å²) in [5, 5.41) is 5.15. The van der Waals surface area contributed by atoms with Gasteiger partial charge in [-0.1, -0.05) is 42.5 Å². The molecule has 110 valence electrons. The fourth-order valence-corrected chi connectivity index (χ4v) is 3.42. The van der Waals surface area contributed by atoms with Gasteiger partial charge in [0.2, 0.25) is 0 Å². The van der Waals surface area contributed by atoms with Gasteiger partial charge in [0.25, 0.3) is 0 Å². The minimum absolute atomic E-state index is 0.542. The third kappa shape index (κ3) is 4.00. The van der Waals surface area contributed by atoms with Gasteiger partial charge in [0.1, 0.15) is 0 Å². The zero-order valence-corrected chi connectivity index (χ0v) is 14.0. The van der Waals surface area contributed by atoms with Crippen molar-refractivity contribution < 1.29 is 0 Å². The van der Waals surface area contributed by atoms with Gasteiger partial charge in [-0.3, -0.25) is 0 Å². The molecule has 0 unspecified atom stereocenters. The Kier molecular flexibility index (Phi) is 5.94. The summed E-state index contributed by atoms with van der Waals surface area (Å²) in [6.45, 7) is 3.08. The Morgan fingerprint density at radius 3 is 2.55 bits per heavy atom. The Morgan fingerprint density at radius 1 is 1.25 bits per heavy atom. The van der Waals surface area contributed by atoms with Gasteiger partial charge in [-0.25, -0.2) is 0 Å². The highest BCUT2D eigenvalue weighted by Gasteiger charge is 2.21. The second-order valence-corrected chi connectivity index (χ2v) is 6.34. The van der Waals surface area contributed by atoms with Crippen molar-refractivity contribution in [2.45, 2.75) is 45.1 Å². The van der Waals surface area contributed by atoms with E-state index in [2.05, 4.69) is 17.1 Å². The molecule has 0 atom stereocenters. The minimum Gasteiger partial charge on any atom is -0.346 e. The SMILES string of the molecule is CCN(C(=S)Nc1ccc(Cl)c(Cl)c1)C1CCCCC1. The molecule has 1 fully saturated rings. The molecule has 0 spiro atoms. The number of halogens is 2. The number of hydrogen-bond donors (Lipinski definition) is 1. The van der Waals surface area contributed by atoms with E-state index in [0.29, 0.717) is 16.1 Å². The highest BCUT2D eigenvalue weighted by atomic mass is 35.5. The summed E-state index contributed by atoms with van der Waals surface area (Å²) in [6.07, 6.45) is 6.42. The third-order valence-corrected chi connectivity index (χ3v) is 4.86. The molecule has 0 bridgehead atoms. The summed E-state index contributed by atoms with van der Waals surface area (Å²) in [4.78, 5) is 2.29. The summed E-state index contributed by atoms with van der Waals surface area (Å²) in [5.41, 5.74) is 0.888. The second kappa shape index (κ2) is 7.48. The fourth-order valence-electron chi connectivity index (χ4n) is 2.73. The molecule has 1 N–H and O–H groups in total. The van der Waals surface area contributed by atoms with Crippen LogP contribution >= 0.6 is 35.4 Å². The predicted molar refractivity (Wildman–Crippen MR) is 91.9 cm³/mol. The van der Waals surface area contributed by atoms with E-state index >= 15 is 0 Å². The largest absolute Gasteiger partial charge is 0.346 e. The number of nitrogens with zero attached hydrogens (tertiary/aromatic N) is 1. The summed E-state index contributed by atoms with van der Waals surface area (Å²) in [7, 11) is 0. The van der Waals surface area contributed by atoms with Gasteiger partial charge in [-0.05, 0) is 50.2 Å². The van der Waals surface area contributed by atoms with Crippen molar-refractivity contribution in [1.29, 1.82) is 0 Å². The molecule has 0 saturated heterocycles. The molecule has 1 saturated carbocycles. The van der Waals surface area contributed by atoms with Crippen molar-refractivity contribution in [3.63, 3.8) is 0 Å². The van der Waals surface area contributed by atoms with Crippen molar-refractivity contribution in [3.05, 3.63) is 28.2 Å². The van der Waals surface area contributed by atoms with E-state index < -0.39 is 0 Å². The average Bonchev–Trinajstić information content (AvgIpc) is 2.45. The van der Waals surface area contributed by atoms with Crippen LogP contribution in [0.5, 0.6) is 0 Å². The van der Waals surface area contributed by atoms with Gasteiger partial charge in [0, 0.05) is 18.3 Å². The lowest BCUT2D eigenvalue weighted by molar-refractivity contribution is 0.255. The van der Waals surface area contributed by atoms with Crippen LogP contribution in [0.3, 0.4) is 0 Å². The lowest BCUT2D eigenvalue weighted by Gasteiger charge is -2.35. The summed E-state index contributed by atoms with van der Waals surface area (Å²) < 4.78 is 0. The molecule has 1 aromatic carbocycles. The third-order valence-electron chi connectivity index (χ3n) is 3.79. The van der Waals surface area contributed by atoms with Crippen LogP contribution in [0.2, 0.25) is 10.0 Å². The van der Waals surface area contributed by atoms with Crippen molar-refractivity contribution in [1.82, 2.24) is 4.90 Å². The Labute approximate surface area is 136 Å². The van der Waals surface area contributed by atoms with Crippen molar-refractivity contribution in [2.75, 3.05) is 11.9 Å². The van der Waals surface area contributed by atoms with E-state index in [1.54, 1.807) is 6.07 Å². The van der Waals surface area contributed by atoms with Crippen LogP contribution in [0.4, 0.5) is 5.69 Å². The van der Waals surface area contributed by atoms with Crippen molar-refractivity contribution >= 4 is 46.2 Å². The molecule has 0 heterocycles. The monoisotopic (exact) mass is 330 g/mol. The Hall–Kier alpha value is -0.510. The van der Waals surface area contributed by atoms with Crippen LogP contribution in [0.15, 0.2) is 18.2 Å². The summed E-state index contributed by atoms with van der Waals surface area (Å²) in [6, 6.07) is 6.06. The van der Waals surface area contributed by atoms with Crippen LogP contribution < -0.4 is 5.32 Å². The topological polar surface area (TPSA) is 15.3 Å². The molecule has 0 aromatic heterocycles. The predicted octanol–water partition coefficient (Wildman–Crippen LogP) is 5.34. The standard InChI is InChI=1S/C15H20Cl2N2S/c1-2-19(12-6-4-3-5-7-12)15(20)18-11-8-9-13(16)14(17)10-11/h8-10,12H,2-7H2,1H3,(H,18,20). The molecule has 0 aliphatic heterocycles. The van der Waals surface area contributed by atoms with Gasteiger partial charge in [-0.2, -0.15) is 0 Å². The molecule has 1 aliphatic rings. The number of thiocarbonyl (C=S) groups is 1. The van der Waals surface area contributed by atoms with Gasteiger partial charge in [0.05, 0.1) is 10.0 Å². The van der Waals surface area contributed by atoms with Crippen LogP contribution in [-0.4, -0.2) is 22.6 Å². The smallest absolute Gasteiger partial charge is 0.173 e. The van der Waals surface area contributed by atoms with Gasteiger partial charge in [0.15, 0.2) is 5.11 Å². The van der Waals surface area contributed by atoms with Crippen LogP contribution in [0, 0.1) is 0 Å². The molecule has 0 amide bonds. The van der Waals surface area contributed by atoms with Crippen LogP contribution in [0.25, 0.3) is 0 Å². The number of benzene rings is 1. The van der Waals surface area contributed by atoms with E-state index in [1.165, 1.54) is 32.1 Å². The molecule has 1 aliphatic carbocycles. The molecule has 2 rings (SSSR count). The van der Waals surface area contributed by atoms with Crippen molar-refractivity contribution in [3.8, 4) is 0 Å². The van der Waals surface area contributed by atoms with Gasteiger partial charge in [-0.15, -0.1) is 0 Å². The van der Waals surface area contributed by atoms with Crippen molar-refractivity contribution in [2.24, 2.45) is 0 Å². The Balaban J connectivity index is 2.02. The Bertz CT molecular complexity index is 473. The lowest BCUT2D eigenvalue weighted by Crippen LogP contribution is -2.43. The van der Waals surface area contributed by atoms with Crippen LogP contribution in [0.1, 0.15) is 39.0 Å². The normalized spacial score (nSPS) is 15.9. The van der Waals surface area contributed by atoms with E-state index in [-0.39, 0.29) is 0 Å². The average molecular weight is 331 g/mol. The number of nitrogens with one attached hydrogen (secondary N) is 1. The molecule has 5 heteroatoms. The number of anilines is 1. The van der Waals surface area contributed by atoms with Gasteiger partial charge >= 0.3 is 0 Å². The first-order valence-electron chi connectivity index (χ1n) is 7.14. The maximum atomic E-state index is 6.03. The first-order valence-corrected chi connectivity index (χ1v) is 8.31. The molecular formula is C15H20Cl2N2S. The lowest BCUT2D eigenvalue weighted by atomic mass is 9.94. The van der Waals surface area contributed by atoms with Crippen LogP contribution in [-0.2, 0) is 0 Å². The second-order valence-electron chi connectivity index (χ2n) is 5.14. The van der Waals surface area contributed by atoms with Gasteiger partial charge < -0.3 is 10.2 Å². The molecule has 1 aromatic rings. The summed E-state index contributed by atoms with van der Waals surface area (Å²) >= 11 is 17.5. The first kappa shape index (κ1) is 15.9. The molecule has 2 nitrogen and oxygen atoms in total. The maximum absolute atomic E-state index is 6.03. The minimum atomic E-state index is 0.542. The zero-order valence-electron chi connectivity index (χ0n) is 11.7. The van der Waals surface area contributed by atoms with E-state index in [1.807, 2.05) is 12.1 Å². The zero-order chi connectivity index (χ0) is 14.5. The Morgan fingerprint density at radius 2 is 1.95 bits per heavy atom. The molecule has 0 radical (unpaired) electrons. The highest BCUT2D eigenvalue weighted by molar-refractivity contribution is 7.80.